The third-order valence-corrected chi connectivity index (χ3v) is 6.27. The normalized spacial score (nSPS) is 23.5. The Morgan fingerprint density at radius 1 is 0.964 bits per heavy atom. The average molecular weight is 377 g/mol. The van der Waals surface area contributed by atoms with Gasteiger partial charge in [-0.1, -0.05) is 30.3 Å². The van der Waals surface area contributed by atoms with Gasteiger partial charge in [0.1, 0.15) is 0 Å². The summed E-state index contributed by atoms with van der Waals surface area (Å²) in [4.78, 5) is 29.9. The highest BCUT2D eigenvalue weighted by Gasteiger charge is 2.45. The summed E-state index contributed by atoms with van der Waals surface area (Å²) in [5.74, 6) is 0.161. The van der Waals surface area contributed by atoms with Crippen LogP contribution in [0.3, 0.4) is 0 Å². The van der Waals surface area contributed by atoms with E-state index in [9.17, 15) is 9.59 Å². The molecule has 0 aliphatic carbocycles. The van der Waals surface area contributed by atoms with Gasteiger partial charge in [-0.25, -0.2) is 0 Å². The van der Waals surface area contributed by atoms with Gasteiger partial charge in [-0.15, -0.1) is 0 Å². The zero-order valence-electron chi connectivity index (χ0n) is 16.3. The number of hydrogen-bond donors (Lipinski definition) is 1. The van der Waals surface area contributed by atoms with E-state index in [-0.39, 0.29) is 29.9 Å². The summed E-state index contributed by atoms with van der Waals surface area (Å²) in [6.45, 7) is 0.479. The van der Waals surface area contributed by atoms with E-state index < -0.39 is 0 Å². The van der Waals surface area contributed by atoms with Crippen LogP contribution in [0.4, 0.5) is 0 Å². The number of hydrogen-bond acceptors (Lipinski definition) is 3. The van der Waals surface area contributed by atoms with Gasteiger partial charge in [0.2, 0.25) is 0 Å². The third kappa shape index (κ3) is 3.42. The molecule has 5 nitrogen and oxygen atoms in total. The van der Waals surface area contributed by atoms with Gasteiger partial charge in [0, 0.05) is 42.8 Å². The minimum absolute atomic E-state index is 0.0575. The molecule has 0 saturated carbocycles. The molecule has 2 aromatic rings. The topological polar surface area (TPSA) is 66.6 Å². The Kier molecular flexibility index (Phi) is 5.18. The molecule has 2 atom stereocenters. The SMILES string of the molecule is CN(C(=O)c1ccccc1)C1CC2CCC(C1)N2C(=O)c1ccc(CN)cc1. The first kappa shape index (κ1) is 18.7. The molecular formula is C23H27N3O2. The lowest BCUT2D eigenvalue weighted by atomic mass is 9.94. The van der Waals surface area contributed by atoms with Crippen molar-refractivity contribution in [3.8, 4) is 0 Å². The molecule has 2 unspecified atom stereocenters. The van der Waals surface area contributed by atoms with E-state index in [4.69, 9.17) is 5.73 Å². The zero-order chi connectivity index (χ0) is 19.7. The first-order valence-corrected chi connectivity index (χ1v) is 10.0. The van der Waals surface area contributed by atoms with Crippen molar-refractivity contribution in [3.05, 3.63) is 71.3 Å². The third-order valence-electron chi connectivity index (χ3n) is 6.27. The number of fused-ring (bicyclic) bond motifs is 2. The highest BCUT2D eigenvalue weighted by molar-refractivity contribution is 5.95. The Balaban J connectivity index is 1.46. The molecule has 2 aromatic carbocycles. The Morgan fingerprint density at radius 2 is 1.57 bits per heavy atom. The van der Waals surface area contributed by atoms with Crippen molar-refractivity contribution in [1.82, 2.24) is 9.80 Å². The Morgan fingerprint density at radius 3 is 2.14 bits per heavy atom. The van der Waals surface area contributed by atoms with Crippen molar-refractivity contribution < 1.29 is 9.59 Å². The lowest BCUT2D eigenvalue weighted by molar-refractivity contribution is 0.0407. The van der Waals surface area contributed by atoms with Crippen LogP contribution in [0.1, 0.15) is 52.0 Å². The van der Waals surface area contributed by atoms with Gasteiger partial charge in [0.05, 0.1) is 0 Å². The van der Waals surface area contributed by atoms with E-state index in [1.807, 2.05) is 66.5 Å². The molecule has 28 heavy (non-hydrogen) atoms. The summed E-state index contributed by atoms with van der Waals surface area (Å²) in [7, 11) is 1.89. The van der Waals surface area contributed by atoms with E-state index in [2.05, 4.69) is 4.90 Å². The fraction of sp³-hybridized carbons (Fsp3) is 0.391. The van der Waals surface area contributed by atoms with Crippen LogP contribution in [0.5, 0.6) is 0 Å². The van der Waals surface area contributed by atoms with Crippen molar-refractivity contribution in [3.63, 3.8) is 0 Å². The van der Waals surface area contributed by atoms with Crippen LogP contribution >= 0.6 is 0 Å². The molecule has 2 bridgehead atoms. The van der Waals surface area contributed by atoms with Gasteiger partial charge < -0.3 is 15.5 Å². The van der Waals surface area contributed by atoms with Crippen LogP contribution in [0.2, 0.25) is 0 Å². The molecule has 2 aliphatic rings. The largest absolute Gasteiger partial charge is 0.339 e. The standard InChI is InChI=1S/C23H27N3O2/c1-25(22(27)17-5-3-2-4-6-17)21-13-19-11-12-20(14-21)26(19)23(28)18-9-7-16(15-24)8-10-18/h2-10,19-21H,11-15,24H2,1H3. The lowest BCUT2D eigenvalue weighted by Crippen LogP contribution is -2.52. The van der Waals surface area contributed by atoms with Crippen molar-refractivity contribution in [2.45, 2.75) is 50.4 Å². The molecule has 146 valence electrons. The van der Waals surface area contributed by atoms with Crippen LogP contribution in [0, 0.1) is 0 Å². The molecule has 4 rings (SSSR count). The fourth-order valence-electron chi connectivity index (χ4n) is 4.68. The summed E-state index contributed by atoms with van der Waals surface area (Å²) < 4.78 is 0. The molecule has 2 N–H and O–H groups in total. The minimum Gasteiger partial charge on any atom is -0.339 e. The minimum atomic E-state index is 0.0575. The summed E-state index contributed by atoms with van der Waals surface area (Å²) in [6, 6.07) is 17.6. The van der Waals surface area contributed by atoms with Gasteiger partial charge in [-0.05, 0) is 55.5 Å². The van der Waals surface area contributed by atoms with Crippen molar-refractivity contribution in [2.24, 2.45) is 5.73 Å². The lowest BCUT2D eigenvalue weighted by Gasteiger charge is -2.42. The molecule has 2 aliphatic heterocycles. The molecule has 2 heterocycles. The molecule has 2 fully saturated rings. The van der Waals surface area contributed by atoms with Crippen LogP contribution in [-0.4, -0.2) is 46.8 Å². The number of rotatable bonds is 4. The van der Waals surface area contributed by atoms with E-state index in [1.165, 1.54) is 0 Å². The summed E-state index contributed by atoms with van der Waals surface area (Å²) in [5, 5.41) is 0. The molecule has 0 spiro atoms. The monoisotopic (exact) mass is 377 g/mol. The number of carbonyl (C=O) groups is 2. The van der Waals surface area contributed by atoms with Crippen molar-refractivity contribution in [2.75, 3.05) is 7.05 Å². The highest BCUT2D eigenvalue weighted by Crippen LogP contribution is 2.38. The number of piperidine rings is 1. The van der Waals surface area contributed by atoms with Crippen LogP contribution < -0.4 is 5.73 Å². The van der Waals surface area contributed by atoms with E-state index >= 15 is 0 Å². The predicted molar refractivity (Wildman–Crippen MR) is 109 cm³/mol. The molecular weight excluding hydrogens is 350 g/mol. The summed E-state index contributed by atoms with van der Waals surface area (Å²) in [5.41, 5.74) is 8.12. The maximum absolute atomic E-state index is 13.1. The first-order valence-electron chi connectivity index (χ1n) is 10.0. The first-order chi connectivity index (χ1) is 13.6. The number of benzene rings is 2. The van der Waals surface area contributed by atoms with Crippen LogP contribution in [-0.2, 0) is 6.54 Å². The Labute approximate surface area is 166 Å². The highest BCUT2D eigenvalue weighted by atomic mass is 16.2. The van der Waals surface area contributed by atoms with Crippen LogP contribution in [0.15, 0.2) is 54.6 Å². The second kappa shape index (κ2) is 7.76. The second-order valence-corrected chi connectivity index (χ2v) is 7.91. The maximum atomic E-state index is 13.1. The number of nitrogens with zero attached hydrogens (tertiary/aromatic N) is 2. The maximum Gasteiger partial charge on any atom is 0.254 e. The number of nitrogens with two attached hydrogens (primary N) is 1. The molecule has 2 saturated heterocycles. The Hall–Kier alpha value is -2.66. The van der Waals surface area contributed by atoms with E-state index in [1.54, 1.807) is 0 Å². The van der Waals surface area contributed by atoms with Crippen molar-refractivity contribution >= 4 is 11.8 Å². The zero-order valence-corrected chi connectivity index (χ0v) is 16.3. The number of amides is 2. The number of carbonyl (C=O) groups excluding carboxylic acids is 2. The summed E-state index contributed by atoms with van der Waals surface area (Å²) >= 11 is 0. The quantitative estimate of drug-likeness (QED) is 0.890. The molecule has 5 heteroatoms. The fourth-order valence-corrected chi connectivity index (χ4v) is 4.68. The van der Waals surface area contributed by atoms with E-state index in [0.29, 0.717) is 6.54 Å². The van der Waals surface area contributed by atoms with Crippen LogP contribution in [0.25, 0.3) is 0 Å². The molecule has 2 amide bonds. The second-order valence-electron chi connectivity index (χ2n) is 7.91. The van der Waals surface area contributed by atoms with Gasteiger partial charge in [0.25, 0.3) is 11.8 Å². The summed E-state index contributed by atoms with van der Waals surface area (Å²) in [6.07, 6.45) is 3.72. The van der Waals surface area contributed by atoms with Gasteiger partial charge in [-0.2, -0.15) is 0 Å². The predicted octanol–water partition coefficient (Wildman–Crippen LogP) is 3.05. The average Bonchev–Trinajstić information content (AvgIpc) is 3.02. The van der Waals surface area contributed by atoms with E-state index in [0.717, 1.165) is 42.4 Å². The molecule has 0 radical (unpaired) electrons. The van der Waals surface area contributed by atoms with Gasteiger partial charge in [0.15, 0.2) is 0 Å². The van der Waals surface area contributed by atoms with Crippen molar-refractivity contribution in [1.29, 1.82) is 0 Å². The smallest absolute Gasteiger partial charge is 0.254 e. The molecule has 0 aromatic heterocycles. The van der Waals surface area contributed by atoms with Gasteiger partial charge in [-0.3, -0.25) is 9.59 Å². The van der Waals surface area contributed by atoms with Gasteiger partial charge >= 0.3 is 0 Å². The Bertz CT molecular complexity index is 836.